The molecule has 86 valence electrons. The lowest BCUT2D eigenvalue weighted by molar-refractivity contribution is 0.128. The minimum absolute atomic E-state index is 0.125. The van der Waals surface area contributed by atoms with Crippen LogP contribution in [0.2, 0.25) is 0 Å². The van der Waals surface area contributed by atoms with Crippen LogP contribution >= 0.6 is 0 Å². The van der Waals surface area contributed by atoms with Crippen molar-refractivity contribution in [2.24, 2.45) is 0 Å². The summed E-state index contributed by atoms with van der Waals surface area (Å²) in [4.78, 5) is 0. The van der Waals surface area contributed by atoms with Gasteiger partial charge < -0.3 is 14.8 Å². The van der Waals surface area contributed by atoms with Crippen molar-refractivity contribution < 1.29 is 9.47 Å². The summed E-state index contributed by atoms with van der Waals surface area (Å²) in [6, 6.07) is 7.37. The molecule has 0 saturated heterocycles. The van der Waals surface area contributed by atoms with Crippen LogP contribution in [0, 0.1) is 11.3 Å². The summed E-state index contributed by atoms with van der Waals surface area (Å²) in [5.41, 5.74) is 1.45. The second-order valence-corrected chi connectivity index (χ2v) is 3.45. The third kappa shape index (κ3) is 3.14. The molecule has 1 aromatic carbocycles. The summed E-state index contributed by atoms with van der Waals surface area (Å²) in [6.07, 6.45) is 0.125. The normalized spacial score (nSPS) is 11.6. The Morgan fingerprint density at radius 2 is 2.19 bits per heavy atom. The lowest BCUT2D eigenvalue weighted by Crippen LogP contribution is -2.18. The van der Waals surface area contributed by atoms with Gasteiger partial charge in [-0.3, -0.25) is 0 Å². The van der Waals surface area contributed by atoms with Crippen LogP contribution in [-0.2, 0) is 4.74 Å². The Morgan fingerprint density at radius 1 is 1.44 bits per heavy atom. The zero-order chi connectivity index (χ0) is 12.0. The van der Waals surface area contributed by atoms with Crippen LogP contribution in [0.5, 0.6) is 5.75 Å². The average molecular weight is 220 g/mol. The fraction of sp³-hybridized carbons (Fsp3) is 0.417. The van der Waals surface area contributed by atoms with E-state index in [1.54, 1.807) is 26.4 Å². The molecule has 0 amide bonds. The number of hydrogen-bond donors (Lipinski definition) is 1. The quantitative estimate of drug-likeness (QED) is 0.824. The van der Waals surface area contributed by atoms with Crippen LogP contribution in [0.15, 0.2) is 18.2 Å². The summed E-state index contributed by atoms with van der Waals surface area (Å²) in [6.45, 7) is 2.67. The predicted molar refractivity (Wildman–Crippen MR) is 62.7 cm³/mol. The summed E-state index contributed by atoms with van der Waals surface area (Å²) in [5, 5.41) is 12.0. The smallest absolute Gasteiger partial charge is 0.143 e. The van der Waals surface area contributed by atoms with Crippen LogP contribution in [0.4, 0.5) is 5.69 Å². The average Bonchev–Trinajstić information content (AvgIpc) is 2.35. The van der Waals surface area contributed by atoms with Gasteiger partial charge in [0.1, 0.15) is 5.75 Å². The van der Waals surface area contributed by atoms with Crippen LogP contribution in [0.1, 0.15) is 12.5 Å². The van der Waals surface area contributed by atoms with Crippen molar-refractivity contribution in [3.05, 3.63) is 23.8 Å². The number of rotatable bonds is 5. The highest BCUT2D eigenvalue weighted by Crippen LogP contribution is 2.25. The first kappa shape index (κ1) is 12.3. The highest BCUT2D eigenvalue weighted by molar-refractivity contribution is 5.59. The molecule has 1 aromatic rings. The number of ether oxygens (including phenoxy) is 2. The van der Waals surface area contributed by atoms with Gasteiger partial charge in [-0.25, -0.2) is 0 Å². The molecule has 4 heteroatoms. The lowest BCUT2D eigenvalue weighted by Gasteiger charge is -2.14. The maximum Gasteiger partial charge on any atom is 0.143 e. The molecule has 0 spiro atoms. The first-order chi connectivity index (χ1) is 7.71. The number of methoxy groups -OCH3 is 2. The number of anilines is 1. The molecule has 0 aromatic heterocycles. The number of nitrogens with one attached hydrogen (secondary N) is 1. The van der Waals surface area contributed by atoms with E-state index in [1.165, 1.54) is 0 Å². The Labute approximate surface area is 95.8 Å². The van der Waals surface area contributed by atoms with Crippen molar-refractivity contribution in [2.75, 3.05) is 26.1 Å². The molecule has 0 aliphatic carbocycles. The molecular weight excluding hydrogens is 204 g/mol. The van der Waals surface area contributed by atoms with Crippen molar-refractivity contribution >= 4 is 5.69 Å². The van der Waals surface area contributed by atoms with Crippen molar-refractivity contribution in [2.45, 2.75) is 13.0 Å². The van der Waals surface area contributed by atoms with Gasteiger partial charge in [0.15, 0.2) is 0 Å². The molecule has 1 atom stereocenters. The molecule has 1 unspecified atom stereocenters. The van der Waals surface area contributed by atoms with Crippen LogP contribution < -0.4 is 10.1 Å². The standard InChI is InChI=1S/C12H16N2O2/c1-9(15-2)8-14-11-5-4-10(7-13)6-12(11)16-3/h4-6,9,14H,8H2,1-3H3. The number of hydrogen-bond acceptors (Lipinski definition) is 4. The van der Waals surface area contributed by atoms with Gasteiger partial charge in [-0.2, -0.15) is 5.26 Å². The molecule has 1 rings (SSSR count). The van der Waals surface area contributed by atoms with Gasteiger partial charge in [-0.15, -0.1) is 0 Å². The highest BCUT2D eigenvalue weighted by Gasteiger charge is 2.05. The molecule has 0 radical (unpaired) electrons. The Hall–Kier alpha value is -1.73. The molecule has 0 aliphatic rings. The molecule has 0 aliphatic heterocycles. The van der Waals surface area contributed by atoms with Crippen molar-refractivity contribution in [3.8, 4) is 11.8 Å². The van der Waals surface area contributed by atoms with Gasteiger partial charge in [-0.05, 0) is 19.1 Å². The molecular formula is C12H16N2O2. The van der Waals surface area contributed by atoms with Crippen molar-refractivity contribution in [3.63, 3.8) is 0 Å². The second kappa shape index (κ2) is 5.99. The summed E-state index contributed by atoms with van der Waals surface area (Å²) >= 11 is 0. The van der Waals surface area contributed by atoms with Crippen molar-refractivity contribution in [1.29, 1.82) is 5.26 Å². The Morgan fingerprint density at radius 3 is 2.75 bits per heavy atom. The van der Waals surface area contributed by atoms with Crippen LogP contribution in [0.3, 0.4) is 0 Å². The maximum atomic E-state index is 8.76. The predicted octanol–water partition coefficient (Wildman–Crippen LogP) is 2.01. The van der Waals surface area contributed by atoms with Gasteiger partial charge in [0.25, 0.3) is 0 Å². The van der Waals surface area contributed by atoms with Crippen LogP contribution in [0.25, 0.3) is 0 Å². The molecule has 4 nitrogen and oxygen atoms in total. The lowest BCUT2D eigenvalue weighted by atomic mass is 10.2. The monoisotopic (exact) mass is 220 g/mol. The van der Waals surface area contributed by atoms with E-state index in [0.29, 0.717) is 17.9 Å². The summed E-state index contributed by atoms with van der Waals surface area (Å²) in [7, 11) is 3.25. The van der Waals surface area contributed by atoms with Gasteiger partial charge >= 0.3 is 0 Å². The molecule has 0 fully saturated rings. The summed E-state index contributed by atoms with van der Waals surface area (Å²) in [5.74, 6) is 0.669. The maximum absolute atomic E-state index is 8.76. The first-order valence-electron chi connectivity index (χ1n) is 5.06. The Kier molecular flexibility index (Phi) is 4.62. The molecule has 0 saturated carbocycles. The number of benzene rings is 1. The SMILES string of the molecule is COc1cc(C#N)ccc1NCC(C)OC. The van der Waals surface area contributed by atoms with Crippen LogP contribution in [-0.4, -0.2) is 26.9 Å². The van der Waals surface area contributed by atoms with Crippen molar-refractivity contribution in [1.82, 2.24) is 0 Å². The van der Waals surface area contributed by atoms with E-state index in [0.717, 1.165) is 5.69 Å². The molecule has 16 heavy (non-hydrogen) atoms. The molecule has 1 N–H and O–H groups in total. The fourth-order valence-electron chi connectivity index (χ4n) is 1.24. The minimum Gasteiger partial charge on any atom is -0.495 e. The molecule has 0 heterocycles. The topological polar surface area (TPSA) is 54.3 Å². The minimum atomic E-state index is 0.125. The number of nitrogens with zero attached hydrogens (tertiary/aromatic N) is 1. The van der Waals surface area contributed by atoms with Gasteiger partial charge in [0.2, 0.25) is 0 Å². The highest BCUT2D eigenvalue weighted by atomic mass is 16.5. The van der Waals surface area contributed by atoms with E-state index in [-0.39, 0.29) is 6.10 Å². The van der Waals surface area contributed by atoms with E-state index in [2.05, 4.69) is 11.4 Å². The first-order valence-corrected chi connectivity index (χ1v) is 5.06. The Bertz CT molecular complexity index is 385. The van der Waals surface area contributed by atoms with Gasteiger partial charge in [0, 0.05) is 19.7 Å². The third-order valence-corrected chi connectivity index (χ3v) is 2.31. The third-order valence-electron chi connectivity index (χ3n) is 2.31. The van der Waals surface area contributed by atoms with E-state index >= 15 is 0 Å². The fourth-order valence-corrected chi connectivity index (χ4v) is 1.24. The zero-order valence-corrected chi connectivity index (χ0v) is 9.78. The number of nitriles is 1. The van der Waals surface area contributed by atoms with Gasteiger partial charge in [0.05, 0.1) is 30.5 Å². The largest absolute Gasteiger partial charge is 0.495 e. The zero-order valence-electron chi connectivity index (χ0n) is 9.78. The van der Waals surface area contributed by atoms with E-state index < -0.39 is 0 Å². The summed E-state index contributed by atoms with van der Waals surface area (Å²) < 4.78 is 10.3. The Balaban J connectivity index is 2.76. The van der Waals surface area contributed by atoms with E-state index in [9.17, 15) is 0 Å². The van der Waals surface area contributed by atoms with E-state index in [4.69, 9.17) is 14.7 Å². The molecule has 0 bridgehead atoms. The second-order valence-electron chi connectivity index (χ2n) is 3.45. The van der Waals surface area contributed by atoms with Gasteiger partial charge in [-0.1, -0.05) is 0 Å². The van der Waals surface area contributed by atoms with E-state index in [1.807, 2.05) is 13.0 Å².